The molecule has 0 fully saturated rings. The molecule has 2 heterocycles. The van der Waals surface area contributed by atoms with Crippen LogP contribution in [-0.2, 0) is 13.2 Å². The minimum atomic E-state index is -0.430. The van der Waals surface area contributed by atoms with Gasteiger partial charge in [-0.25, -0.2) is 4.90 Å². The molecular formula is C29H23N3O4. The Morgan fingerprint density at radius 3 is 2.42 bits per heavy atom. The molecule has 0 saturated heterocycles. The van der Waals surface area contributed by atoms with Crippen molar-refractivity contribution < 1.29 is 19.1 Å². The summed E-state index contributed by atoms with van der Waals surface area (Å²) in [5.74, 6) is -0.429. The van der Waals surface area contributed by atoms with Crippen molar-refractivity contribution in [1.82, 2.24) is 10.3 Å². The lowest BCUT2D eigenvalue weighted by atomic mass is 10.1. The Balaban J connectivity index is 1.22. The van der Waals surface area contributed by atoms with E-state index in [-0.39, 0.29) is 17.4 Å². The minimum absolute atomic E-state index is 0.228. The van der Waals surface area contributed by atoms with E-state index in [2.05, 4.69) is 10.3 Å². The van der Waals surface area contributed by atoms with Gasteiger partial charge in [0.15, 0.2) is 0 Å². The van der Waals surface area contributed by atoms with Gasteiger partial charge in [-0.3, -0.25) is 19.4 Å². The predicted molar refractivity (Wildman–Crippen MR) is 135 cm³/mol. The van der Waals surface area contributed by atoms with E-state index in [0.29, 0.717) is 35.7 Å². The van der Waals surface area contributed by atoms with Gasteiger partial charge in [0.05, 0.1) is 16.8 Å². The van der Waals surface area contributed by atoms with Crippen molar-refractivity contribution in [1.29, 1.82) is 0 Å². The maximum Gasteiger partial charge on any atom is 0.266 e. The van der Waals surface area contributed by atoms with E-state index in [9.17, 15) is 14.4 Å². The van der Waals surface area contributed by atoms with Crippen molar-refractivity contribution in [2.75, 3.05) is 4.90 Å². The summed E-state index contributed by atoms with van der Waals surface area (Å²) >= 11 is 0. The number of para-hydroxylation sites is 1. The van der Waals surface area contributed by atoms with Crippen LogP contribution < -0.4 is 15.0 Å². The summed E-state index contributed by atoms with van der Waals surface area (Å²) in [5.41, 5.74) is 4.08. The number of nitrogens with one attached hydrogen (secondary N) is 1. The molecule has 0 unspecified atom stereocenters. The summed E-state index contributed by atoms with van der Waals surface area (Å²) in [6, 6.07) is 23.1. The van der Waals surface area contributed by atoms with E-state index < -0.39 is 5.91 Å². The lowest BCUT2D eigenvalue weighted by Crippen LogP contribution is -2.30. The quantitative estimate of drug-likeness (QED) is 0.390. The highest BCUT2D eigenvalue weighted by atomic mass is 16.5. The summed E-state index contributed by atoms with van der Waals surface area (Å²) in [6.45, 7) is 2.57. The fourth-order valence-corrected chi connectivity index (χ4v) is 4.05. The monoisotopic (exact) mass is 477 g/mol. The third-order valence-corrected chi connectivity index (χ3v) is 6.01. The first kappa shape index (κ1) is 23.0. The molecule has 7 heteroatoms. The lowest BCUT2D eigenvalue weighted by Gasteiger charge is -2.16. The molecule has 0 spiro atoms. The second-order valence-corrected chi connectivity index (χ2v) is 8.47. The summed E-state index contributed by atoms with van der Waals surface area (Å²) in [5, 5.41) is 2.86. The van der Waals surface area contributed by atoms with Crippen molar-refractivity contribution in [2.24, 2.45) is 0 Å². The standard InChI is InChI=1S/C29H23N3O4/c1-19-5-2-3-7-26(19)32-28(34)24-13-10-22(15-25(24)29(32)35)27(33)31-17-20-8-11-23(12-9-20)36-18-21-6-4-14-30-16-21/h2-16H,17-18H2,1H3,(H,31,33). The molecule has 0 saturated carbocycles. The van der Waals surface area contributed by atoms with E-state index in [1.165, 1.54) is 17.0 Å². The zero-order chi connectivity index (χ0) is 25.1. The van der Waals surface area contributed by atoms with E-state index in [4.69, 9.17) is 4.74 Å². The van der Waals surface area contributed by atoms with Gasteiger partial charge in [0.1, 0.15) is 12.4 Å². The lowest BCUT2D eigenvalue weighted by molar-refractivity contribution is 0.0923. The van der Waals surface area contributed by atoms with Crippen LogP contribution in [0.1, 0.15) is 47.8 Å². The van der Waals surface area contributed by atoms with Crippen LogP contribution in [0.5, 0.6) is 5.75 Å². The van der Waals surface area contributed by atoms with E-state index in [1.807, 2.05) is 55.5 Å². The molecule has 1 aliphatic heterocycles. The summed E-state index contributed by atoms with van der Waals surface area (Å²) < 4.78 is 5.76. The normalized spacial score (nSPS) is 12.4. The van der Waals surface area contributed by atoms with Gasteiger partial charge in [-0.05, 0) is 60.5 Å². The fraction of sp³-hybridized carbons (Fsp3) is 0.103. The number of aromatic nitrogens is 1. The van der Waals surface area contributed by atoms with Crippen molar-refractivity contribution in [3.8, 4) is 5.75 Å². The van der Waals surface area contributed by atoms with Gasteiger partial charge < -0.3 is 10.1 Å². The average Bonchev–Trinajstić information content (AvgIpc) is 3.16. The van der Waals surface area contributed by atoms with Crippen molar-refractivity contribution >= 4 is 23.4 Å². The Labute approximate surface area is 208 Å². The van der Waals surface area contributed by atoms with E-state index in [0.717, 1.165) is 16.7 Å². The highest BCUT2D eigenvalue weighted by Gasteiger charge is 2.37. The molecule has 36 heavy (non-hydrogen) atoms. The first-order valence-corrected chi connectivity index (χ1v) is 11.5. The minimum Gasteiger partial charge on any atom is -0.489 e. The van der Waals surface area contributed by atoms with Crippen LogP contribution in [0.25, 0.3) is 0 Å². The summed E-state index contributed by atoms with van der Waals surface area (Å²) in [4.78, 5) is 44.0. The molecular weight excluding hydrogens is 454 g/mol. The number of nitrogens with zero attached hydrogens (tertiary/aromatic N) is 2. The van der Waals surface area contributed by atoms with Gasteiger partial charge >= 0.3 is 0 Å². The van der Waals surface area contributed by atoms with Gasteiger partial charge in [0, 0.05) is 30.1 Å². The third kappa shape index (κ3) is 4.59. The maximum atomic E-state index is 13.0. The van der Waals surface area contributed by atoms with Crippen LogP contribution >= 0.6 is 0 Å². The van der Waals surface area contributed by atoms with Crippen LogP contribution in [0.2, 0.25) is 0 Å². The molecule has 4 aromatic rings. The van der Waals surface area contributed by atoms with Crippen LogP contribution in [0, 0.1) is 6.92 Å². The Hall–Kier alpha value is -4.78. The highest BCUT2D eigenvalue weighted by Crippen LogP contribution is 2.31. The number of ether oxygens (including phenoxy) is 1. The van der Waals surface area contributed by atoms with Crippen molar-refractivity contribution in [2.45, 2.75) is 20.1 Å². The zero-order valence-electron chi connectivity index (χ0n) is 19.6. The number of carbonyl (C=O) groups is 3. The van der Waals surface area contributed by atoms with E-state index >= 15 is 0 Å². The summed E-state index contributed by atoms with van der Waals surface area (Å²) in [7, 11) is 0. The second kappa shape index (κ2) is 9.84. The Kier molecular flexibility index (Phi) is 6.28. The first-order chi connectivity index (χ1) is 17.5. The Morgan fingerprint density at radius 2 is 1.67 bits per heavy atom. The number of rotatable bonds is 7. The number of benzene rings is 3. The number of aryl methyl sites for hydroxylation is 1. The number of carbonyl (C=O) groups excluding carboxylic acids is 3. The van der Waals surface area contributed by atoms with Gasteiger partial charge in [-0.15, -0.1) is 0 Å². The van der Waals surface area contributed by atoms with Crippen LogP contribution in [0.4, 0.5) is 5.69 Å². The number of amides is 3. The fourth-order valence-electron chi connectivity index (χ4n) is 4.05. The van der Waals surface area contributed by atoms with Gasteiger partial charge in [-0.1, -0.05) is 36.4 Å². The van der Waals surface area contributed by atoms with Crippen LogP contribution in [0.15, 0.2) is 91.3 Å². The van der Waals surface area contributed by atoms with Crippen molar-refractivity contribution in [3.05, 3.63) is 125 Å². The van der Waals surface area contributed by atoms with Gasteiger partial charge in [0.2, 0.25) is 0 Å². The van der Waals surface area contributed by atoms with Crippen LogP contribution in [0.3, 0.4) is 0 Å². The number of fused-ring (bicyclic) bond motifs is 1. The highest BCUT2D eigenvalue weighted by molar-refractivity contribution is 6.35. The molecule has 0 radical (unpaired) electrons. The Morgan fingerprint density at radius 1 is 0.889 bits per heavy atom. The SMILES string of the molecule is Cc1ccccc1N1C(=O)c2ccc(C(=O)NCc3ccc(OCc4cccnc4)cc3)cc2C1=O. The molecule has 178 valence electrons. The van der Waals surface area contributed by atoms with Gasteiger partial charge in [-0.2, -0.15) is 0 Å². The second-order valence-electron chi connectivity index (χ2n) is 8.47. The number of anilines is 1. The average molecular weight is 478 g/mol. The molecule has 5 rings (SSSR count). The van der Waals surface area contributed by atoms with Gasteiger partial charge in [0.25, 0.3) is 17.7 Å². The summed E-state index contributed by atoms with van der Waals surface area (Å²) in [6.07, 6.45) is 3.47. The van der Waals surface area contributed by atoms with Crippen molar-refractivity contribution in [3.63, 3.8) is 0 Å². The molecule has 7 nitrogen and oxygen atoms in total. The van der Waals surface area contributed by atoms with Crippen LogP contribution in [-0.4, -0.2) is 22.7 Å². The number of hydrogen-bond acceptors (Lipinski definition) is 5. The zero-order valence-corrected chi connectivity index (χ0v) is 19.6. The molecule has 0 aliphatic carbocycles. The molecule has 0 atom stereocenters. The number of hydrogen-bond donors (Lipinski definition) is 1. The first-order valence-electron chi connectivity index (χ1n) is 11.5. The maximum absolute atomic E-state index is 13.0. The molecule has 1 aliphatic rings. The molecule has 1 aromatic heterocycles. The molecule has 3 amide bonds. The van der Waals surface area contributed by atoms with E-state index in [1.54, 1.807) is 30.6 Å². The molecule has 3 aromatic carbocycles. The number of pyridine rings is 1. The molecule has 1 N–H and O–H groups in total. The Bertz CT molecular complexity index is 1450. The molecule has 0 bridgehead atoms. The largest absolute Gasteiger partial charge is 0.489 e. The topological polar surface area (TPSA) is 88.6 Å². The smallest absolute Gasteiger partial charge is 0.266 e. The number of imide groups is 1. The third-order valence-electron chi connectivity index (χ3n) is 6.01. The predicted octanol–water partition coefficient (Wildman–Crippen LogP) is 4.70.